The Morgan fingerprint density at radius 1 is 0.477 bits per heavy atom. The van der Waals surface area contributed by atoms with E-state index in [-0.39, 0.29) is 11.6 Å². The molecule has 0 bridgehead atoms. The fourth-order valence-electron chi connectivity index (χ4n) is 7.91. The molecule has 346 valence electrons. The van der Waals surface area contributed by atoms with Crippen molar-refractivity contribution in [3.05, 3.63) is 144 Å². The molecule has 3 aromatic carbocycles. The topological polar surface area (TPSA) is 111 Å². The number of hydrogen-bond donors (Lipinski definition) is 2. The molecule has 0 amide bonds. The molecule has 0 fully saturated rings. The van der Waals surface area contributed by atoms with Gasteiger partial charge in [0.05, 0.1) is 24.6 Å². The van der Waals surface area contributed by atoms with Crippen LogP contribution in [0.15, 0.2) is 133 Å². The molecule has 0 aliphatic heterocycles. The minimum atomic E-state index is -2.51. The maximum atomic E-state index is 13.7. The molecule has 0 atom stereocenters. The average molecular weight is 1110 g/mol. The van der Waals surface area contributed by atoms with Gasteiger partial charge in [0.15, 0.2) is 23.1 Å². The van der Waals surface area contributed by atoms with Gasteiger partial charge < -0.3 is 20.1 Å². The Bertz CT molecular complexity index is 1970. The Balaban J connectivity index is 0.00000300. The minimum absolute atomic E-state index is 0.0603. The number of ketones is 2. The molecule has 5 rings (SSSR count). The Labute approximate surface area is 404 Å². The SMILES string of the molecule is CCCCCCCCCCCCOc1cc(N/C=C2/C=CC=C(c3ccccc3)C2=O)c(N/C=C2/C=CC=C(c3ccccc3)C2=O)cc1OCCCCCCCCCCCC.[O]=[U]=[O]. The van der Waals surface area contributed by atoms with Crippen molar-refractivity contribution < 1.29 is 51.4 Å². The number of carbonyl (C=O) groups excluding carboxylic acids is 2. The third kappa shape index (κ3) is 19.7. The van der Waals surface area contributed by atoms with Crippen LogP contribution < -0.4 is 20.1 Å². The van der Waals surface area contributed by atoms with E-state index in [9.17, 15) is 9.59 Å². The number of ether oxygens (including phenoxy) is 2. The quantitative estimate of drug-likeness (QED) is 0.0502. The molecule has 0 aromatic heterocycles. The molecule has 0 unspecified atom stereocenters. The Hall–Kier alpha value is -4.71. The zero-order chi connectivity index (χ0) is 46.2. The summed E-state index contributed by atoms with van der Waals surface area (Å²) in [6.45, 7) is 5.71. The number of anilines is 2. The van der Waals surface area contributed by atoms with Crippen LogP contribution in [0.1, 0.15) is 153 Å². The molecule has 0 spiro atoms. The summed E-state index contributed by atoms with van der Waals surface area (Å²) in [4.78, 5) is 27.5. The molecule has 2 aliphatic rings. The first-order valence-electron chi connectivity index (χ1n) is 24.3. The first-order valence-corrected chi connectivity index (χ1v) is 27.7. The molecule has 0 heterocycles. The molecule has 0 saturated carbocycles. The van der Waals surface area contributed by atoms with E-state index in [0.717, 1.165) is 36.8 Å². The number of unbranched alkanes of at least 4 members (excludes halogenated alkanes) is 18. The van der Waals surface area contributed by atoms with E-state index >= 15 is 0 Å². The third-order valence-electron chi connectivity index (χ3n) is 11.6. The number of benzene rings is 3. The summed E-state index contributed by atoms with van der Waals surface area (Å²) in [5.74, 6) is 1.20. The van der Waals surface area contributed by atoms with Gasteiger partial charge in [-0.3, -0.25) is 9.59 Å². The summed E-state index contributed by atoms with van der Waals surface area (Å²) in [6.07, 6.45) is 39.8. The average Bonchev–Trinajstić information content (AvgIpc) is 3.33. The molecule has 8 nitrogen and oxygen atoms in total. The van der Waals surface area contributed by atoms with E-state index in [0.29, 0.717) is 58.4 Å². The van der Waals surface area contributed by atoms with Crippen molar-refractivity contribution in [2.24, 2.45) is 0 Å². The van der Waals surface area contributed by atoms with Crippen molar-refractivity contribution in [3.8, 4) is 11.5 Å². The van der Waals surface area contributed by atoms with Crippen molar-refractivity contribution in [3.63, 3.8) is 0 Å². The van der Waals surface area contributed by atoms with Crippen LogP contribution in [-0.2, 0) is 14.1 Å². The van der Waals surface area contributed by atoms with E-state index in [1.54, 1.807) is 12.4 Å². The van der Waals surface area contributed by atoms with Crippen LogP contribution in [0.3, 0.4) is 0 Å². The zero-order valence-corrected chi connectivity index (χ0v) is 43.2. The Kier molecular flexibility index (Phi) is 26.8. The fraction of sp³-hybridized carbons (Fsp3) is 0.429. The number of carbonyl (C=O) groups is 2. The van der Waals surface area contributed by atoms with Gasteiger partial charge >= 0.3 is 32.3 Å². The number of rotatable bonds is 30. The molecule has 3 aromatic rings. The Morgan fingerprint density at radius 3 is 1.14 bits per heavy atom. The summed E-state index contributed by atoms with van der Waals surface area (Å²) >= 11 is -2.51. The van der Waals surface area contributed by atoms with Gasteiger partial charge in [-0.25, -0.2) is 0 Å². The molecule has 0 radical (unpaired) electrons. The predicted octanol–water partition coefficient (Wildman–Crippen LogP) is 15.1. The normalized spacial score (nSPS) is 14.4. The molecular weight excluding hydrogens is 1030 g/mol. The van der Waals surface area contributed by atoms with Crippen LogP contribution >= 0.6 is 0 Å². The number of hydrogen-bond acceptors (Lipinski definition) is 8. The predicted molar refractivity (Wildman–Crippen MR) is 263 cm³/mol. The van der Waals surface area contributed by atoms with Crippen LogP contribution in [0.5, 0.6) is 11.5 Å². The monoisotopic (exact) mass is 1110 g/mol. The first-order chi connectivity index (χ1) is 32.0. The second-order valence-electron chi connectivity index (χ2n) is 16.7. The van der Waals surface area contributed by atoms with Crippen molar-refractivity contribution >= 4 is 34.1 Å². The van der Waals surface area contributed by atoms with Crippen LogP contribution in [0, 0.1) is 27.8 Å². The van der Waals surface area contributed by atoms with Gasteiger partial charge in [-0.05, 0) is 36.1 Å². The molecule has 0 saturated heterocycles. The van der Waals surface area contributed by atoms with E-state index in [2.05, 4.69) is 24.5 Å². The van der Waals surface area contributed by atoms with Crippen molar-refractivity contribution in [2.75, 3.05) is 23.8 Å². The summed E-state index contributed by atoms with van der Waals surface area (Å²) < 4.78 is 30.2. The van der Waals surface area contributed by atoms with E-state index in [1.807, 2.05) is 109 Å². The van der Waals surface area contributed by atoms with Gasteiger partial charge in [0.1, 0.15) is 0 Å². The number of Topliss-reactive ketones (excluding diaryl/α,β-unsaturated/α-hetero) is 2. The summed E-state index contributed by atoms with van der Waals surface area (Å²) in [7, 11) is 0. The van der Waals surface area contributed by atoms with Crippen molar-refractivity contribution in [1.29, 1.82) is 0 Å². The number of allylic oxidation sites excluding steroid dienone is 10. The molecule has 9 heteroatoms. The van der Waals surface area contributed by atoms with Gasteiger partial charge in [-0.15, -0.1) is 0 Å². The van der Waals surface area contributed by atoms with Gasteiger partial charge in [0.2, 0.25) is 0 Å². The standard InChI is InChI=1S/C56H72N2O4.2O.U/c1-3-5-7-9-11-13-15-17-19-27-39-61-53-41-51(57-43-47-35-29-37-49(55(47)59)45-31-23-21-24-32-45)52(42-54(53)62-40-28-20-18-16-14-12-10-8-6-4-2)58-44-48-36-30-38-50(56(48)60)46-33-25-22-26-34-46;;;/h21-26,29-38,41-44,57-58H,3-20,27-28,39-40H2,1-2H3;;;/b47-43-,48-44-;;;. The second-order valence-corrected chi connectivity index (χ2v) is 17.4. The number of nitrogens with one attached hydrogen (secondary N) is 2. The fourth-order valence-corrected chi connectivity index (χ4v) is 7.91. The zero-order valence-electron chi connectivity index (χ0n) is 39.1. The van der Waals surface area contributed by atoms with Crippen LogP contribution in [0.2, 0.25) is 0 Å². The Morgan fingerprint density at radius 2 is 0.800 bits per heavy atom. The second kappa shape index (κ2) is 32.9. The van der Waals surface area contributed by atoms with Gasteiger partial charge in [-0.1, -0.05) is 214 Å². The van der Waals surface area contributed by atoms with E-state index < -0.39 is 27.8 Å². The summed E-state index contributed by atoms with van der Waals surface area (Å²) in [5.41, 5.74) is 5.50. The third-order valence-corrected chi connectivity index (χ3v) is 11.6. The van der Waals surface area contributed by atoms with Gasteiger partial charge in [-0.2, -0.15) is 0 Å². The molecular formula is C56H72N2O6U. The summed E-state index contributed by atoms with van der Waals surface area (Å²) in [6, 6.07) is 23.4. The van der Waals surface area contributed by atoms with Crippen LogP contribution in [0.25, 0.3) is 11.1 Å². The molecule has 2 aliphatic carbocycles. The van der Waals surface area contributed by atoms with E-state index in [1.165, 1.54) is 103 Å². The van der Waals surface area contributed by atoms with Crippen molar-refractivity contribution in [1.82, 2.24) is 0 Å². The first kappa shape index (κ1) is 52.9. The van der Waals surface area contributed by atoms with Crippen LogP contribution in [-0.4, -0.2) is 24.8 Å². The van der Waals surface area contributed by atoms with Crippen molar-refractivity contribution in [2.45, 2.75) is 142 Å². The van der Waals surface area contributed by atoms with E-state index in [4.69, 9.17) is 13.9 Å². The summed E-state index contributed by atoms with van der Waals surface area (Å²) in [5, 5.41) is 6.88. The van der Waals surface area contributed by atoms with Gasteiger partial charge in [0.25, 0.3) is 0 Å². The maximum absolute atomic E-state index is 13.7. The molecule has 2 N–H and O–H groups in total. The molecule has 65 heavy (non-hydrogen) atoms. The van der Waals surface area contributed by atoms with Crippen LogP contribution in [0.4, 0.5) is 11.4 Å². The van der Waals surface area contributed by atoms with Gasteiger partial charge in [0, 0.05) is 46.8 Å².